The van der Waals surface area contributed by atoms with E-state index in [9.17, 15) is 4.21 Å². The first-order chi connectivity index (χ1) is 16.4. The first kappa shape index (κ1) is 22.4. The smallest absolute Gasteiger partial charge is 0.231 e. The Morgan fingerprint density at radius 1 is 0.971 bits per heavy atom. The summed E-state index contributed by atoms with van der Waals surface area (Å²) in [6, 6.07) is 29.6. The van der Waals surface area contributed by atoms with Crippen molar-refractivity contribution in [3.05, 3.63) is 114 Å². The zero-order valence-corrected chi connectivity index (χ0v) is 20.1. The molecule has 1 aromatic heterocycles. The number of nitrogens with one attached hydrogen (secondary N) is 2. The minimum Gasteiger partial charge on any atom is -0.469 e. The molecule has 0 aliphatic carbocycles. The Hall–Kier alpha value is -3.42. The first-order valence-corrected chi connectivity index (χ1v) is 12.9. The molecule has 2 heterocycles. The van der Waals surface area contributed by atoms with E-state index in [4.69, 9.17) is 9.52 Å². The second kappa shape index (κ2) is 8.42. The van der Waals surface area contributed by atoms with Crippen LogP contribution in [0.2, 0.25) is 0 Å². The summed E-state index contributed by atoms with van der Waals surface area (Å²) in [5, 5.41) is 4.41. The van der Waals surface area contributed by atoms with E-state index in [2.05, 4.69) is 9.82 Å². The van der Waals surface area contributed by atoms with E-state index in [0.29, 0.717) is 12.4 Å². The third-order valence-electron chi connectivity index (χ3n) is 6.56. The van der Waals surface area contributed by atoms with Gasteiger partial charge in [0, 0.05) is 0 Å². The van der Waals surface area contributed by atoms with E-state index in [0.717, 1.165) is 23.1 Å². The van der Waals surface area contributed by atoms with E-state index in [1.54, 1.807) is 4.68 Å². The number of ether oxygens (including phenoxy) is 1. The highest BCUT2D eigenvalue weighted by Gasteiger charge is 2.43. The zero-order valence-electron chi connectivity index (χ0n) is 19.3. The third kappa shape index (κ3) is 3.71. The fraction of sp³-hybridized carbons (Fsp3) is 0.222. The molecule has 2 N–H and O–H groups in total. The van der Waals surface area contributed by atoms with Crippen LogP contribution in [0.5, 0.6) is 5.88 Å². The lowest BCUT2D eigenvalue weighted by Gasteiger charge is -2.37. The van der Waals surface area contributed by atoms with Crippen LogP contribution in [0.3, 0.4) is 0 Å². The minimum absolute atomic E-state index is 0.261. The first-order valence-electron chi connectivity index (χ1n) is 11.4. The summed E-state index contributed by atoms with van der Waals surface area (Å²) >= 11 is 0. The fourth-order valence-electron chi connectivity index (χ4n) is 4.55. The summed E-state index contributed by atoms with van der Waals surface area (Å²) in [4.78, 5) is 0.261. The van der Waals surface area contributed by atoms with Crippen molar-refractivity contribution >= 4 is 9.92 Å². The summed E-state index contributed by atoms with van der Waals surface area (Å²) < 4.78 is 34.6. The van der Waals surface area contributed by atoms with Gasteiger partial charge in [0.2, 0.25) is 5.88 Å². The summed E-state index contributed by atoms with van der Waals surface area (Å²) in [5.41, 5.74) is 1.19. The molecule has 0 radical (unpaired) electrons. The van der Waals surface area contributed by atoms with Crippen molar-refractivity contribution in [2.75, 3.05) is 0 Å². The predicted octanol–water partition coefficient (Wildman–Crippen LogP) is 5.35. The molecule has 3 aromatic carbocycles. The molecule has 4 aromatic rings. The minimum atomic E-state index is -3.56. The Morgan fingerprint density at radius 2 is 1.44 bits per heavy atom. The molecule has 1 aliphatic heterocycles. The molecule has 6 nitrogen and oxygen atoms in total. The molecule has 34 heavy (non-hydrogen) atoms. The van der Waals surface area contributed by atoms with Crippen molar-refractivity contribution in [3.63, 3.8) is 0 Å². The zero-order chi connectivity index (χ0) is 23.8. The largest absolute Gasteiger partial charge is 0.469 e. The van der Waals surface area contributed by atoms with Crippen LogP contribution in [-0.4, -0.2) is 19.6 Å². The summed E-state index contributed by atoms with van der Waals surface area (Å²) in [7, 11) is -3.56. The highest BCUT2D eigenvalue weighted by atomic mass is 32.2. The quantitative estimate of drug-likeness (QED) is 0.356. The molecule has 2 unspecified atom stereocenters. The molecule has 0 amide bonds. The topological polar surface area (TPSA) is 80.0 Å². The van der Waals surface area contributed by atoms with Crippen LogP contribution in [-0.2, 0) is 22.0 Å². The Balaban J connectivity index is 1.71. The van der Waals surface area contributed by atoms with Crippen LogP contribution in [0.25, 0.3) is 0 Å². The van der Waals surface area contributed by atoms with Crippen molar-refractivity contribution in [2.24, 2.45) is 0 Å². The number of hydrogen-bond donors (Lipinski definition) is 2. The molecule has 174 valence electrons. The normalized spacial score (nSPS) is 19.2. The predicted molar refractivity (Wildman–Crippen MR) is 133 cm³/mol. The van der Waals surface area contributed by atoms with Crippen molar-refractivity contribution < 1.29 is 8.95 Å². The molecule has 0 saturated carbocycles. The summed E-state index contributed by atoms with van der Waals surface area (Å²) in [5.74, 6) is 0.403. The molecule has 0 fully saturated rings. The van der Waals surface area contributed by atoms with Crippen LogP contribution in [0.1, 0.15) is 37.0 Å². The SMILES string of the molecule is CCC1(C)Cn2ncc(S(=N)(=O)NC(c3ccccc3)(c3ccccc3)c3ccccc3)c2O1. The third-order valence-corrected chi connectivity index (χ3v) is 8.05. The number of hydrogen-bond acceptors (Lipinski definition) is 4. The van der Waals surface area contributed by atoms with E-state index in [-0.39, 0.29) is 4.90 Å². The van der Waals surface area contributed by atoms with Gasteiger partial charge in [-0.3, -0.25) is 0 Å². The van der Waals surface area contributed by atoms with Gasteiger partial charge >= 0.3 is 0 Å². The van der Waals surface area contributed by atoms with Gasteiger partial charge in [-0.2, -0.15) is 5.10 Å². The number of aromatic nitrogens is 2. The van der Waals surface area contributed by atoms with Gasteiger partial charge in [-0.15, -0.1) is 0 Å². The van der Waals surface area contributed by atoms with Gasteiger partial charge in [-0.05, 0) is 30.0 Å². The molecule has 1 aliphatic rings. The lowest BCUT2D eigenvalue weighted by molar-refractivity contribution is 0.105. The Morgan fingerprint density at radius 3 is 1.88 bits per heavy atom. The number of fused-ring (bicyclic) bond motifs is 1. The highest BCUT2D eigenvalue weighted by Crippen LogP contribution is 2.41. The van der Waals surface area contributed by atoms with Gasteiger partial charge in [0.05, 0.1) is 12.7 Å². The van der Waals surface area contributed by atoms with Crippen molar-refractivity contribution in [3.8, 4) is 5.88 Å². The molecule has 7 heteroatoms. The molecular weight excluding hydrogens is 444 g/mol. The average molecular weight is 473 g/mol. The number of nitrogens with zero attached hydrogens (tertiary/aromatic N) is 2. The Bertz CT molecular complexity index is 1290. The van der Waals surface area contributed by atoms with Gasteiger partial charge in [-0.1, -0.05) is 97.9 Å². The fourth-order valence-corrected chi connectivity index (χ4v) is 6.03. The maximum absolute atomic E-state index is 14.3. The van der Waals surface area contributed by atoms with Crippen molar-refractivity contribution in [1.82, 2.24) is 14.5 Å². The van der Waals surface area contributed by atoms with Crippen LogP contribution >= 0.6 is 0 Å². The summed E-state index contributed by atoms with van der Waals surface area (Å²) in [6.07, 6.45) is 2.28. The van der Waals surface area contributed by atoms with Crippen molar-refractivity contribution in [1.29, 1.82) is 4.78 Å². The van der Waals surface area contributed by atoms with Gasteiger partial charge in [0.25, 0.3) is 0 Å². The van der Waals surface area contributed by atoms with Crippen LogP contribution in [0, 0.1) is 4.78 Å². The Labute approximate surface area is 200 Å². The van der Waals surface area contributed by atoms with Crippen LogP contribution in [0.4, 0.5) is 0 Å². The molecule has 0 spiro atoms. The van der Waals surface area contributed by atoms with E-state index in [1.165, 1.54) is 6.20 Å². The van der Waals surface area contributed by atoms with Crippen LogP contribution in [0.15, 0.2) is 102 Å². The molecule has 0 saturated heterocycles. The van der Waals surface area contributed by atoms with Crippen molar-refractivity contribution in [2.45, 2.75) is 42.8 Å². The van der Waals surface area contributed by atoms with E-state index >= 15 is 0 Å². The lowest BCUT2D eigenvalue weighted by atomic mass is 9.78. The number of benzene rings is 3. The molecular formula is C27H28N4O2S. The molecule has 0 bridgehead atoms. The monoisotopic (exact) mass is 472 g/mol. The maximum atomic E-state index is 14.3. The lowest BCUT2D eigenvalue weighted by Crippen LogP contribution is -2.47. The second-order valence-corrected chi connectivity index (χ2v) is 10.6. The summed E-state index contributed by atoms with van der Waals surface area (Å²) in [6.45, 7) is 4.62. The molecule has 2 atom stereocenters. The Kier molecular flexibility index (Phi) is 5.54. The van der Waals surface area contributed by atoms with Gasteiger partial charge in [-0.25, -0.2) is 18.4 Å². The number of rotatable bonds is 7. The van der Waals surface area contributed by atoms with E-state index < -0.39 is 21.1 Å². The maximum Gasteiger partial charge on any atom is 0.231 e. The average Bonchev–Trinajstić information content (AvgIpc) is 3.41. The molecule has 5 rings (SSSR count). The van der Waals surface area contributed by atoms with Gasteiger partial charge in [0.15, 0.2) is 0 Å². The second-order valence-electron chi connectivity index (χ2n) is 8.88. The van der Waals surface area contributed by atoms with E-state index in [1.807, 2.05) is 105 Å². The van der Waals surface area contributed by atoms with Crippen LogP contribution < -0.4 is 9.46 Å². The van der Waals surface area contributed by atoms with Gasteiger partial charge in [0.1, 0.15) is 26.0 Å². The van der Waals surface area contributed by atoms with Gasteiger partial charge < -0.3 is 4.74 Å². The highest BCUT2D eigenvalue weighted by molar-refractivity contribution is 7.90. The standard InChI is InChI=1S/C27H28N4O2S/c1-3-26(2)20-31-25(33-26)24(19-29-31)34(28,32)30-27(21-13-7-4-8-14-21,22-15-9-5-10-16-22)23-17-11-6-12-18-23/h4-19H,3,20H2,1-2H3,(H2,28,30,32).